The van der Waals surface area contributed by atoms with Gasteiger partial charge in [-0.25, -0.2) is 0 Å². The van der Waals surface area contributed by atoms with Gasteiger partial charge >= 0.3 is 6.61 Å². The molecule has 0 amide bonds. The zero-order valence-corrected chi connectivity index (χ0v) is 12.0. The summed E-state index contributed by atoms with van der Waals surface area (Å²) < 4.78 is 29.5. The number of likely N-dealkylation sites (tertiary alicyclic amines) is 1. The molecule has 118 valence electrons. The lowest BCUT2D eigenvalue weighted by Gasteiger charge is -2.40. The van der Waals surface area contributed by atoms with E-state index in [1.54, 1.807) is 6.07 Å². The topological polar surface area (TPSA) is 12.5 Å². The Bertz CT molecular complexity index is 506. The highest BCUT2D eigenvalue weighted by atomic mass is 19.3. The Morgan fingerprint density at radius 2 is 2.19 bits per heavy atom. The molecule has 2 atom stereocenters. The second kappa shape index (κ2) is 5.91. The molecule has 0 saturated carbocycles. The van der Waals surface area contributed by atoms with E-state index < -0.39 is 6.61 Å². The number of hydrogen-bond acceptors (Lipinski definition) is 2. The number of benzene rings is 1. The van der Waals surface area contributed by atoms with Crippen LogP contribution < -0.4 is 4.74 Å². The maximum Gasteiger partial charge on any atom is 0.387 e. The molecule has 0 radical (unpaired) electrons. The number of alkyl halides is 2. The number of halogens is 2. The predicted octanol–water partition coefficient (Wildman–Crippen LogP) is 4.08. The van der Waals surface area contributed by atoms with Crippen LogP contribution in [0.25, 0.3) is 0 Å². The van der Waals surface area contributed by atoms with Gasteiger partial charge in [-0.1, -0.05) is 20.4 Å². The number of nitrogens with zero attached hydrogens (tertiary/aromatic N) is 1. The third kappa shape index (κ3) is 2.66. The molecule has 1 saturated heterocycles. The maximum atomic E-state index is 12.4. The molecule has 2 nitrogen and oxygen atoms in total. The third-order valence-electron chi connectivity index (χ3n) is 5.10. The molecule has 1 aromatic carbocycles. The summed E-state index contributed by atoms with van der Waals surface area (Å²) in [4.78, 5) is 2.36. The van der Waals surface area contributed by atoms with Crippen molar-refractivity contribution in [2.24, 2.45) is 5.92 Å². The second-order valence-corrected chi connectivity index (χ2v) is 6.14. The monoisotopic (exact) mass is 297 g/mol. The van der Waals surface area contributed by atoms with E-state index in [4.69, 9.17) is 0 Å². The van der Waals surface area contributed by atoms with E-state index in [-0.39, 0.29) is 12.8 Å². The first-order chi connectivity index (χ1) is 9.55. The predicted molar refractivity (Wildman–Crippen MR) is 81.1 cm³/mol. The van der Waals surface area contributed by atoms with E-state index in [1.165, 1.54) is 17.5 Å². The molecule has 0 spiro atoms. The van der Waals surface area contributed by atoms with Crippen molar-refractivity contribution in [2.45, 2.75) is 45.6 Å². The van der Waals surface area contributed by atoms with Gasteiger partial charge in [0.2, 0.25) is 0 Å². The van der Waals surface area contributed by atoms with E-state index in [0.717, 1.165) is 25.9 Å². The lowest BCUT2D eigenvalue weighted by atomic mass is 9.63. The summed E-state index contributed by atoms with van der Waals surface area (Å²) in [5.41, 5.74) is 2.66. The molecule has 1 aliphatic carbocycles. The van der Waals surface area contributed by atoms with Crippen molar-refractivity contribution in [3.8, 4) is 5.75 Å². The fourth-order valence-corrected chi connectivity index (χ4v) is 4.23. The highest BCUT2D eigenvalue weighted by Crippen LogP contribution is 2.49. The summed E-state index contributed by atoms with van der Waals surface area (Å²) in [5.74, 6) is 0.925. The molecule has 1 heterocycles. The van der Waals surface area contributed by atoms with Crippen molar-refractivity contribution in [3.63, 3.8) is 0 Å². The van der Waals surface area contributed by atoms with Crippen LogP contribution in [-0.2, 0) is 11.8 Å². The van der Waals surface area contributed by atoms with Gasteiger partial charge in [0.1, 0.15) is 5.75 Å². The first kappa shape index (κ1) is 16.2. The summed E-state index contributed by atoms with van der Waals surface area (Å²) >= 11 is 0. The third-order valence-corrected chi connectivity index (χ3v) is 5.10. The molecule has 0 N–H and O–H groups in total. The first-order valence-corrected chi connectivity index (χ1v) is 7.32. The molecule has 1 fully saturated rings. The molecule has 3 rings (SSSR count). The Labute approximate surface area is 126 Å². The van der Waals surface area contributed by atoms with E-state index in [2.05, 4.69) is 23.6 Å². The second-order valence-electron chi connectivity index (χ2n) is 6.14. The Balaban J connectivity index is 0.00000161. The molecule has 2 aliphatic rings. The molecular weight excluding hydrogens is 272 g/mol. The van der Waals surface area contributed by atoms with E-state index in [9.17, 15) is 8.78 Å². The summed E-state index contributed by atoms with van der Waals surface area (Å²) in [6.45, 7) is 1.57. The maximum absolute atomic E-state index is 12.4. The number of hydrogen-bond donors (Lipinski definition) is 0. The lowest BCUT2D eigenvalue weighted by Crippen LogP contribution is -2.38. The molecule has 1 unspecified atom stereocenters. The van der Waals surface area contributed by atoms with Gasteiger partial charge in [-0.2, -0.15) is 8.78 Å². The molecule has 1 aliphatic heterocycles. The number of ether oxygens (including phenoxy) is 1. The molecule has 0 aromatic heterocycles. The lowest BCUT2D eigenvalue weighted by molar-refractivity contribution is -0.0499. The highest BCUT2D eigenvalue weighted by Gasteiger charge is 2.48. The molecule has 0 bridgehead atoms. The molecular formula is C17H25F2NO. The van der Waals surface area contributed by atoms with Crippen molar-refractivity contribution in [1.82, 2.24) is 4.90 Å². The van der Waals surface area contributed by atoms with Crippen LogP contribution >= 0.6 is 0 Å². The van der Waals surface area contributed by atoms with Gasteiger partial charge in [0.15, 0.2) is 0 Å². The summed E-state index contributed by atoms with van der Waals surface area (Å²) in [6, 6.07) is 5.50. The molecule has 1 aromatic rings. The smallest absolute Gasteiger partial charge is 0.387 e. The number of rotatable bonds is 3. The van der Waals surface area contributed by atoms with Crippen LogP contribution in [0, 0.1) is 5.92 Å². The standard InChI is InChI=1S/C16H21F2NO.CH4/c1-3-16-10-19(2)9-12(16)6-4-11-5-7-13(8-14(11)16)20-15(17)18;/h5,7-8,12,15H,3-4,6,9-10H2,1-2H3;1H4/t12?,16-;/m0./s1. The minimum atomic E-state index is -2.75. The first-order valence-electron chi connectivity index (χ1n) is 7.32. The molecule has 21 heavy (non-hydrogen) atoms. The minimum Gasteiger partial charge on any atom is -0.435 e. The normalized spacial score (nSPS) is 28.0. The number of fused-ring (bicyclic) bond motifs is 3. The fraction of sp³-hybridized carbons (Fsp3) is 0.647. The Hall–Kier alpha value is -1.16. The minimum absolute atomic E-state index is 0. The fourth-order valence-electron chi connectivity index (χ4n) is 4.23. The van der Waals surface area contributed by atoms with Crippen LogP contribution in [0.5, 0.6) is 5.75 Å². The zero-order valence-electron chi connectivity index (χ0n) is 12.0. The number of likely N-dealkylation sites (N-methyl/N-ethyl adjacent to an activating group) is 1. The zero-order chi connectivity index (χ0) is 14.3. The van der Waals surface area contributed by atoms with Crippen molar-refractivity contribution in [3.05, 3.63) is 29.3 Å². The van der Waals surface area contributed by atoms with Gasteiger partial charge in [0.25, 0.3) is 0 Å². The SMILES string of the molecule is C.CC[C@]12CN(C)CC1CCc1ccc(OC(F)F)cc12. The van der Waals surface area contributed by atoms with E-state index in [1.807, 2.05) is 12.1 Å². The van der Waals surface area contributed by atoms with Crippen LogP contribution in [0.2, 0.25) is 0 Å². The van der Waals surface area contributed by atoms with Crippen LogP contribution in [0.3, 0.4) is 0 Å². The van der Waals surface area contributed by atoms with E-state index in [0.29, 0.717) is 11.7 Å². The molecule has 4 heteroatoms. The quantitative estimate of drug-likeness (QED) is 0.833. The van der Waals surface area contributed by atoms with E-state index >= 15 is 0 Å². The Morgan fingerprint density at radius 1 is 1.43 bits per heavy atom. The summed E-state index contributed by atoms with van der Waals surface area (Å²) in [6.07, 6.45) is 3.29. The van der Waals surface area contributed by atoms with Crippen LogP contribution in [-0.4, -0.2) is 31.6 Å². The highest BCUT2D eigenvalue weighted by molar-refractivity contribution is 5.44. The van der Waals surface area contributed by atoms with Gasteiger partial charge in [-0.15, -0.1) is 0 Å². The van der Waals surface area contributed by atoms with Gasteiger partial charge in [-0.3, -0.25) is 0 Å². The van der Waals surface area contributed by atoms with Crippen molar-refractivity contribution < 1.29 is 13.5 Å². The van der Waals surface area contributed by atoms with Crippen LogP contribution in [0.15, 0.2) is 18.2 Å². The Morgan fingerprint density at radius 3 is 2.86 bits per heavy atom. The average Bonchev–Trinajstić information content (AvgIpc) is 2.75. The summed E-state index contributed by atoms with van der Waals surface area (Å²) in [7, 11) is 2.15. The van der Waals surface area contributed by atoms with Crippen molar-refractivity contribution in [1.29, 1.82) is 0 Å². The van der Waals surface area contributed by atoms with Gasteiger partial charge < -0.3 is 9.64 Å². The van der Waals surface area contributed by atoms with Gasteiger partial charge in [-0.05, 0) is 55.5 Å². The number of aryl methyl sites for hydroxylation is 1. The van der Waals surface area contributed by atoms with Gasteiger partial charge in [0.05, 0.1) is 0 Å². The van der Waals surface area contributed by atoms with Crippen LogP contribution in [0.1, 0.15) is 38.3 Å². The average molecular weight is 297 g/mol. The summed E-state index contributed by atoms with van der Waals surface area (Å²) in [5, 5.41) is 0. The Kier molecular flexibility index (Phi) is 4.57. The largest absolute Gasteiger partial charge is 0.435 e. The van der Waals surface area contributed by atoms with Gasteiger partial charge in [0, 0.05) is 18.5 Å². The van der Waals surface area contributed by atoms with Crippen molar-refractivity contribution in [2.75, 3.05) is 20.1 Å². The van der Waals surface area contributed by atoms with Crippen LogP contribution in [0.4, 0.5) is 8.78 Å². The van der Waals surface area contributed by atoms with Crippen molar-refractivity contribution >= 4 is 0 Å².